The molecule has 0 aromatic heterocycles. The Bertz CT molecular complexity index is 889. The van der Waals surface area contributed by atoms with Crippen LogP contribution in [0.25, 0.3) is 0 Å². The Balaban J connectivity index is 1.79. The molecule has 0 spiro atoms. The van der Waals surface area contributed by atoms with Gasteiger partial charge in [0.25, 0.3) is 0 Å². The van der Waals surface area contributed by atoms with E-state index in [1.807, 2.05) is 37.4 Å². The van der Waals surface area contributed by atoms with Gasteiger partial charge in [0.15, 0.2) is 6.04 Å². The zero-order valence-electron chi connectivity index (χ0n) is 18.6. The first-order chi connectivity index (χ1) is 15.3. The molecule has 0 saturated carbocycles. The number of carbonyl (C=O) groups is 3. The van der Waals surface area contributed by atoms with E-state index in [2.05, 4.69) is 17.1 Å². The van der Waals surface area contributed by atoms with Crippen molar-refractivity contribution in [3.8, 4) is 0 Å². The van der Waals surface area contributed by atoms with Crippen LogP contribution in [0.5, 0.6) is 0 Å². The lowest BCUT2D eigenvalue weighted by Crippen LogP contribution is -2.46. The van der Waals surface area contributed by atoms with Gasteiger partial charge in [-0.15, -0.1) is 0 Å². The molecule has 7 nitrogen and oxygen atoms in total. The molecule has 32 heavy (non-hydrogen) atoms. The molecule has 0 heterocycles. The number of carbonyl (C=O) groups excluding carboxylic acids is 2. The molecule has 2 atom stereocenters. The number of carboxylic acid groups (broad SMARTS) is 1. The van der Waals surface area contributed by atoms with Gasteiger partial charge in [0.1, 0.15) is 0 Å². The highest BCUT2D eigenvalue weighted by Gasteiger charge is 2.24. The number of hydrogen-bond acceptors (Lipinski definition) is 6. The largest absolute Gasteiger partial charge is 0.480 e. The monoisotopic (exact) mass is 458 g/mol. The van der Waals surface area contributed by atoms with E-state index in [-0.39, 0.29) is 24.1 Å². The van der Waals surface area contributed by atoms with Crippen molar-refractivity contribution in [3.05, 3.63) is 65.7 Å². The van der Waals surface area contributed by atoms with Gasteiger partial charge in [0.05, 0.1) is 13.2 Å². The van der Waals surface area contributed by atoms with Crippen LogP contribution in [-0.2, 0) is 20.9 Å². The number of nitrogens with zero attached hydrogens (tertiary/aromatic N) is 1. The van der Waals surface area contributed by atoms with Crippen LogP contribution < -0.4 is 10.2 Å². The summed E-state index contributed by atoms with van der Waals surface area (Å²) >= 11 is 1.04. The van der Waals surface area contributed by atoms with Crippen LogP contribution in [0.2, 0.25) is 0 Å². The van der Waals surface area contributed by atoms with Crippen molar-refractivity contribution in [3.63, 3.8) is 0 Å². The maximum atomic E-state index is 12.4. The van der Waals surface area contributed by atoms with Crippen LogP contribution in [-0.4, -0.2) is 54.1 Å². The molecule has 172 valence electrons. The van der Waals surface area contributed by atoms with Gasteiger partial charge in [-0.3, -0.25) is 9.59 Å². The smallest absolute Gasteiger partial charge is 0.328 e. The Morgan fingerprint density at radius 3 is 2.34 bits per heavy atom. The minimum atomic E-state index is -1.17. The topological polar surface area (TPSA) is 95.9 Å². The molecule has 0 aliphatic carbocycles. The fourth-order valence-electron chi connectivity index (χ4n) is 2.75. The minimum Gasteiger partial charge on any atom is -0.480 e. The van der Waals surface area contributed by atoms with E-state index in [9.17, 15) is 19.5 Å². The molecule has 2 aromatic carbocycles. The third kappa shape index (κ3) is 8.01. The second-order valence-electron chi connectivity index (χ2n) is 7.46. The Kier molecular flexibility index (Phi) is 10.2. The summed E-state index contributed by atoms with van der Waals surface area (Å²) in [6.07, 6.45) is 0. The summed E-state index contributed by atoms with van der Waals surface area (Å²) < 4.78 is 5.54. The second kappa shape index (κ2) is 12.9. The first-order valence-electron chi connectivity index (χ1n) is 10.4. The number of nitrogens with one attached hydrogen (secondary N) is 1. The number of benzene rings is 2. The maximum Gasteiger partial charge on any atom is 0.328 e. The molecule has 0 aliphatic rings. The van der Waals surface area contributed by atoms with Gasteiger partial charge in [0.2, 0.25) is 11.0 Å². The maximum absolute atomic E-state index is 12.4. The van der Waals surface area contributed by atoms with E-state index < -0.39 is 23.8 Å². The summed E-state index contributed by atoms with van der Waals surface area (Å²) in [4.78, 5) is 38.2. The summed E-state index contributed by atoms with van der Waals surface area (Å²) in [5.41, 5.74) is 2.57. The average molecular weight is 459 g/mol. The lowest BCUT2D eigenvalue weighted by atomic mass is 10.2. The molecule has 0 fully saturated rings. The van der Waals surface area contributed by atoms with Crippen LogP contribution in [0.1, 0.15) is 29.8 Å². The van der Waals surface area contributed by atoms with E-state index in [0.717, 1.165) is 29.6 Å². The average Bonchev–Trinajstić information content (AvgIpc) is 2.81. The predicted molar refractivity (Wildman–Crippen MR) is 127 cm³/mol. The number of hydrogen-bond donors (Lipinski definition) is 2. The molecule has 0 saturated heterocycles. The van der Waals surface area contributed by atoms with Gasteiger partial charge < -0.3 is 20.1 Å². The quantitative estimate of drug-likeness (QED) is 0.503. The molecule has 2 N–H and O–H groups in total. The third-order valence-corrected chi connectivity index (χ3v) is 6.11. The second-order valence-corrected chi connectivity index (χ2v) is 8.45. The first-order valence-corrected chi connectivity index (χ1v) is 11.4. The Labute approximate surface area is 193 Å². The molecular weight excluding hydrogens is 428 g/mol. The van der Waals surface area contributed by atoms with Crippen LogP contribution in [0.3, 0.4) is 0 Å². The molecule has 0 bridgehead atoms. The third-order valence-electron chi connectivity index (χ3n) is 4.94. The summed E-state index contributed by atoms with van der Waals surface area (Å²) in [6, 6.07) is 15.5. The standard InChI is InChI=1S/C24H30N2O5S/c1-4-26(3)20-12-10-18(11-13-20)14-31-15-21(23(28)29)25-22(27)17(2)16-32-24(30)19-8-6-5-7-9-19/h5-13,17,21H,4,14-16H2,1-3H3,(H,25,27)(H,28,29)/t17-,21+/m1/s1. The first kappa shape index (κ1) is 25.4. The van der Waals surface area contributed by atoms with Crippen molar-refractivity contribution in [1.29, 1.82) is 0 Å². The van der Waals surface area contributed by atoms with Crippen molar-refractivity contribution >= 4 is 34.4 Å². The Morgan fingerprint density at radius 1 is 1.09 bits per heavy atom. The molecule has 1 amide bonds. The number of rotatable bonds is 12. The number of ether oxygens (including phenoxy) is 1. The zero-order chi connectivity index (χ0) is 23.5. The number of carboxylic acids is 1. The van der Waals surface area contributed by atoms with Crippen molar-refractivity contribution in [1.82, 2.24) is 5.32 Å². The summed E-state index contributed by atoms with van der Waals surface area (Å²) in [5, 5.41) is 11.8. The summed E-state index contributed by atoms with van der Waals surface area (Å²) in [7, 11) is 2.00. The van der Waals surface area contributed by atoms with Gasteiger partial charge in [-0.05, 0) is 24.6 Å². The van der Waals surface area contributed by atoms with Gasteiger partial charge >= 0.3 is 5.97 Å². The molecule has 0 unspecified atom stereocenters. The summed E-state index contributed by atoms with van der Waals surface area (Å²) in [5.74, 6) is -1.87. The van der Waals surface area contributed by atoms with Crippen LogP contribution in [0, 0.1) is 5.92 Å². The van der Waals surface area contributed by atoms with Crippen molar-refractivity contribution in [2.24, 2.45) is 5.92 Å². The van der Waals surface area contributed by atoms with E-state index >= 15 is 0 Å². The SMILES string of the molecule is CCN(C)c1ccc(COC[C@H](NC(=O)[C@H](C)CSC(=O)c2ccccc2)C(=O)O)cc1. The molecule has 8 heteroatoms. The van der Waals surface area contributed by atoms with Crippen LogP contribution in [0.4, 0.5) is 5.69 Å². The van der Waals surface area contributed by atoms with Crippen molar-refractivity contribution in [2.75, 3.05) is 30.9 Å². The van der Waals surface area contributed by atoms with Gasteiger partial charge in [-0.1, -0.05) is 61.2 Å². The molecule has 0 radical (unpaired) electrons. The van der Waals surface area contributed by atoms with Gasteiger partial charge in [0, 0.05) is 36.5 Å². The lowest BCUT2D eigenvalue weighted by Gasteiger charge is -2.18. The van der Waals surface area contributed by atoms with E-state index in [1.54, 1.807) is 31.2 Å². The van der Waals surface area contributed by atoms with Gasteiger partial charge in [-0.2, -0.15) is 0 Å². The Morgan fingerprint density at radius 2 is 1.75 bits per heavy atom. The van der Waals surface area contributed by atoms with Crippen molar-refractivity contribution in [2.45, 2.75) is 26.5 Å². The molecule has 2 rings (SSSR count). The minimum absolute atomic E-state index is 0.125. The number of amides is 1. The zero-order valence-corrected chi connectivity index (χ0v) is 19.4. The van der Waals surface area contributed by atoms with E-state index in [4.69, 9.17) is 4.74 Å². The van der Waals surface area contributed by atoms with E-state index in [0.29, 0.717) is 5.56 Å². The van der Waals surface area contributed by atoms with Crippen LogP contribution >= 0.6 is 11.8 Å². The fourth-order valence-corrected chi connectivity index (χ4v) is 3.60. The number of aliphatic carboxylic acids is 1. The molecular formula is C24H30N2O5S. The molecule has 2 aromatic rings. The number of thioether (sulfide) groups is 1. The highest BCUT2D eigenvalue weighted by molar-refractivity contribution is 8.14. The highest BCUT2D eigenvalue weighted by atomic mass is 32.2. The highest BCUT2D eigenvalue weighted by Crippen LogP contribution is 2.16. The summed E-state index contributed by atoms with van der Waals surface area (Å²) in [6.45, 7) is 4.72. The molecule has 0 aliphatic heterocycles. The number of anilines is 1. The van der Waals surface area contributed by atoms with E-state index in [1.165, 1.54) is 0 Å². The van der Waals surface area contributed by atoms with Crippen molar-refractivity contribution < 1.29 is 24.2 Å². The fraction of sp³-hybridized carbons (Fsp3) is 0.375. The predicted octanol–water partition coefficient (Wildman–Crippen LogP) is 3.44. The lowest BCUT2D eigenvalue weighted by molar-refractivity contribution is -0.144. The van der Waals surface area contributed by atoms with Gasteiger partial charge in [-0.25, -0.2) is 4.79 Å². The Hall–Kier alpha value is -2.84. The van der Waals surface area contributed by atoms with Crippen LogP contribution in [0.15, 0.2) is 54.6 Å². The normalized spacial score (nSPS) is 12.6.